The van der Waals surface area contributed by atoms with E-state index in [9.17, 15) is 4.39 Å². The molecule has 0 unspecified atom stereocenters. The number of hydrogen-bond donors (Lipinski definition) is 0. The largest absolute Gasteiger partial charge is 0.494 e. The zero-order chi connectivity index (χ0) is 9.97. The van der Waals surface area contributed by atoms with E-state index >= 15 is 0 Å². The van der Waals surface area contributed by atoms with Gasteiger partial charge in [0.2, 0.25) is 0 Å². The van der Waals surface area contributed by atoms with E-state index in [2.05, 4.69) is 15.9 Å². The van der Waals surface area contributed by atoms with E-state index in [4.69, 9.17) is 4.74 Å². The van der Waals surface area contributed by atoms with Crippen molar-refractivity contribution in [3.63, 3.8) is 0 Å². The van der Waals surface area contributed by atoms with Crippen molar-refractivity contribution in [2.45, 2.75) is 19.3 Å². The van der Waals surface area contributed by atoms with Crippen LogP contribution in [0.25, 0.3) is 0 Å². The van der Waals surface area contributed by atoms with E-state index in [-0.39, 0.29) is 5.82 Å². The predicted octanol–water partition coefficient (Wildman–Crippen LogP) is 3.77. The van der Waals surface area contributed by atoms with Crippen LogP contribution in [0, 0.1) is 11.7 Å². The van der Waals surface area contributed by atoms with Crippen molar-refractivity contribution >= 4 is 15.9 Å². The lowest BCUT2D eigenvalue weighted by Crippen LogP contribution is -1.98. The minimum absolute atomic E-state index is 0.250. The summed E-state index contributed by atoms with van der Waals surface area (Å²) < 4.78 is 18.8. The Balaban J connectivity index is 1.85. The molecule has 1 fully saturated rings. The van der Waals surface area contributed by atoms with Crippen molar-refractivity contribution in [2.24, 2.45) is 5.92 Å². The summed E-state index contributed by atoms with van der Waals surface area (Å²) in [5.74, 6) is 1.36. The fourth-order valence-electron chi connectivity index (χ4n) is 1.32. The molecular formula is C11H12BrFO. The lowest BCUT2D eigenvalue weighted by Gasteiger charge is -2.05. The third-order valence-electron chi connectivity index (χ3n) is 2.38. The van der Waals surface area contributed by atoms with Gasteiger partial charge in [0.05, 0.1) is 11.1 Å². The Morgan fingerprint density at radius 3 is 2.86 bits per heavy atom. The van der Waals surface area contributed by atoms with Crippen LogP contribution in [-0.2, 0) is 0 Å². The summed E-state index contributed by atoms with van der Waals surface area (Å²) in [5.41, 5.74) is 0. The highest BCUT2D eigenvalue weighted by molar-refractivity contribution is 9.10. The van der Waals surface area contributed by atoms with Crippen LogP contribution in [0.3, 0.4) is 0 Å². The normalized spacial score (nSPS) is 15.6. The van der Waals surface area contributed by atoms with Crippen molar-refractivity contribution in [3.8, 4) is 5.75 Å². The van der Waals surface area contributed by atoms with Gasteiger partial charge in [-0.15, -0.1) is 0 Å². The van der Waals surface area contributed by atoms with Crippen molar-refractivity contribution < 1.29 is 9.13 Å². The van der Waals surface area contributed by atoms with Crippen molar-refractivity contribution in [3.05, 3.63) is 28.5 Å². The zero-order valence-electron chi connectivity index (χ0n) is 7.80. The van der Waals surface area contributed by atoms with Crippen molar-refractivity contribution in [1.82, 2.24) is 0 Å². The predicted molar refractivity (Wildman–Crippen MR) is 56.9 cm³/mol. The molecule has 14 heavy (non-hydrogen) atoms. The SMILES string of the molecule is Fc1ccc(OCCC2CC2)cc1Br. The molecule has 0 aliphatic heterocycles. The lowest BCUT2D eigenvalue weighted by atomic mass is 10.3. The van der Waals surface area contributed by atoms with E-state index in [1.54, 1.807) is 12.1 Å². The molecule has 0 heterocycles. The Morgan fingerprint density at radius 1 is 1.43 bits per heavy atom. The van der Waals surface area contributed by atoms with Crippen LogP contribution in [0.1, 0.15) is 19.3 Å². The van der Waals surface area contributed by atoms with E-state index < -0.39 is 0 Å². The Morgan fingerprint density at radius 2 is 2.21 bits per heavy atom. The molecule has 1 aromatic rings. The second kappa shape index (κ2) is 4.30. The highest BCUT2D eigenvalue weighted by Gasteiger charge is 2.20. The van der Waals surface area contributed by atoms with Crippen LogP contribution in [0.4, 0.5) is 4.39 Å². The highest BCUT2D eigenvalue weighted by Crippen LogP contribution is 2.32. The quantitative estimate of drug-likeness (QED) is 0.799. The maximum atomic E-state index is 12.9. The molecule has 76 valence electrons. The second-order valence-corrected chi connectivity index (χ2v) is 4.51. The third kappa shape index (κ3) is 2.71. The Hall–Kier alpha value is -0.570. The molecule has 0 radical (unpaired) electrons. The first-order valence-electron chi connectivity index (χ1n) is 4.83. The van der Waals surface area contributed by atoms with Crippen LogP contribution in [-0.4, -0.2) is 6.61 Å². The molecule has 1 nitrogen and oxygen atoms in total. The summed E-state index contributed by atoms with van der Waals surface area (Å²) in [4.78, 5) is 0. The Bertz CT molecular complexity index is 323. The fraction of sp³-hybridized carbons (Fsp3) is 0.455. The van der Waals surface area contributed by atoms with E-state index in [1.165, 1.54) is 18.9 Å². The number of hydrogen-bond acceptors (Lipinski definition) is 1. The van der Waals surface area contributed by atoms with Crippen LogP contribution in [0.2, 0.25) is 0 Å². The maximum Gasteiger partial charge on any atom is 0.137 e. The maximum absolute atomic E-state index is 12.9. The smallest absolute Gasteiger partial charge is 0.137 e. The molecule has 0 bridgehead atoms. The minimum atomic E-state index is -0.250. The van der Waals surface area contributed by atoms with Gasteiger partial charge < -0.3 is 4.74 Å². The van der Waals surface area contributed by atoms with Crippen molar-refractivity contribution in [2.75, 3.05) is 6.61 Å². The van der Waals surface area contributed by atoms with Gasteiger partial charge in [-0.1, -0.05) is 12.8 Å². The summed E-state index contributed by atoms with van der Waals surface area (Å²) in [7, 11) is 0. The molecule has 0 saturated heterocycles. The average molecular weight is 259 g/mol. The van der Waals surface area contributed by atoms with Gasteiger partial charge in [-0.3, -0.25) is 0 Å². The van der Waals surface area contributed by atoms with Crippen LogP contribution in [0.15, 0.2) is 22.7 Å². The van der Waals surface area contributed by atoms with Crippen molar-refractivity contribution in [1.29, 1.82) is 0 Å². The first-order chi connectivity index (χ1) is 6.75. The molecule has 1 aliphatic carbocycles. The molecule has 0 atom stereocenters. The molecule has 3 heteroatoms. The van der Waals surface area contributed by atoms with Gasteiger partial charge in [-0.05, 0) is 46.5 Å². The van der Waals surface area contributed by atoms with Gasteiger partial charge in [0.25, 0.3) is 0 Å². The molecule has 0 aromatic heterocycles. The molecular weight excluding hydrogens is 247 g/mol. The monoisotopic (exact) mass is 258 g/mol. The average Bonchev–Trinajstić information content (AvgIpc) is 2.95. The molecule has 0 amide bonds. The first kappa shape index (κ1) is 9.97. The lowest BCUT2D eigenvalue weighted by molar-refractivity contribution is 0.302. The molecule has 1 aliphatic rings. The molecule has 0 spiro atoms. The van der Waals surface area contributed by atoms with Gasteiger partial charge >= 0.3 is 0 Å². The van der Waals surface area contributed by atoms with Gasteiger partial charge in [0.1, 0.15) is 11.6 Å². The number of rotatable bonds is 4. The fourth-order valence-corrected chi connectivity index (χ4v) is 1.67. The van der Waals surface area contributed by atoms with Gasteiger partial charge in [-0.25, -0.2) is 4.39 Å². The Kier molecular flexibility index (Phi) is 3.06. The topological polar surface area (TPSA) is 9.23 Å². The molecule has 1 saturated carbocycles. The molecule has 2 rings (SSSR count). The third-order valence-corrected chi connectivity index (χ3v) is 2.99. The van der Waals surface area contributed by atoms with Crippen LogP contribution < -0.4 is 4.74 Å². The van der Waals surface area contributed by atoms with E-state index in [0.717, 1.165) is 24.7 Å². The van der Waals surface area contributed by atoms with E-state index in [0.29, 0.717) is 4.47 Å². The van der Waals surface area contributed by atoms with Crippen LogP contribution >= 0.6 is 15.9 Å². The summed E-state index contributed by atoms with van der Waals surface area (Å²) in [6.07, 6.45) is 3.81. The molecule has 1 aromatic carbocycles. The number of halogens is 2. The Labute approximate surface area is 91.4 Å². The number of ether oxygens (including phenoxy) is 1. The highest BCUT2D eigenvalue weighted by atomic mass is 79.9. The van der Waals surface area contributed by atoms with Gasteiger partial charge in [0, 0.05) is 0 Å². The standard InChI is InChI=1S/C11H12BrFO/c12-10-7-9(3-4-11(10)13)14-6-5-8-1-2-8/h3-4,7-8H,1-2,5-6H2. The van der Waals surface area contributed by atoms with Gasteiger partial charge in [0.15, 0.2) is 0 Å². The first-order valence-corrected chi connectivity index (χ1v) is 5.63. The summed E-state index contributed by atoms with van der Waals surface area (Å²) >= 11 is 3.12. The summed E-state index contributed by atoms with van der Waals surface area (Å²) in [6, 6.07) is 4.74. The second-order valence-electron chi connectivity index (χ2n) is 3.66. The van der Waals surface area contributed by atoms with E-state index in [1.807, 2.05) is 0 Å². The zero-order valence-corrected chi connectivity index (χ0v) is 9.39. The van der Waals surface area contributed by atoms with Crippen LogP contribution in [0.5, 0.6) is 5.75 Å². The molecule has 0 N–H and O–H groups in total. The minimum Gasteiger partial charge on any atom is -0.494 e. The van der Waals surface area contributed by atoms with Gasteiger partial charge in [-0.2, -0.15) is 0 Å². The summed E-state index contributed by atoms with van der Waals surface area (Å²) in [6.45, 7) is 0.739. The number of benzene rings is 1. The summed E-state index contributed by atoms with van der Waals surface area (Å²) in [5, 5.41) is 0.